The highest BCUT2D eigenvalue weighted by atomic mass is 16.5. The zero-order valence-electron chi connectivity index (χ0n) is 20.9. The van der Waals surface area contributed by atoms with E-state index in [-0.39, 0.29) is 6.04 Å². The summed E-state index contributed by atoms with van der Waals surface area (Å²) in [6, 6.07) is 24.2. The topological polar surface area (TPSA) is 61.3 Å². The van der Waals surface area contributed by atoms with Crippen molar-refractivity contribution in [1.29, 1.82) is 0 Å². The van der Waals surface area contributed by atoms with Crippen LogP contribution in [-0.4, -0.2) is 6.04 Å². The number of rotatable bonds is 2. The third-order valence-electron chi connectivity index (χ3n) is 8.38. The maximum atomic E-state index is 6.63. The van der Waals surface area contributed by atoms with Gasteiger partial charge in [0.1, 0.15) is 11.5 Å². The highest BCUT2D eigenvalue weighted by Gasteiger charge is 2.41. The predicted molar refractivity (Wildman–Crippen MR) is 153 cm³/mol. The Morgan fingerprint density at radius 3 is 2.46 bits per heavy atom. The molecule has 0 spiro atoms. The third kappa shape index (κ3) is 3.53. The normalized spacial score (nSPS) is 23.3. The minimum absolute atomic E-state index is 0.0393. The Morgan fingerprint density at radius 1 is 0.838 bits per heavy atom. The zero-order valence-corrected chi connectivity index (χ0v) is 20.9. The SMILES string of the molecule is CC1(c2ccc(C3C=CC=CC3)cc2)c2cc3c(cc2Oc2cc4ccc(N)cc4cc21)C=CC(N)C3. The van der Waals surface area contributed by atoms with E-state index in [1.54, 1.807) is 0 Å². The van der Waals surface area contributed by atoms with Gasteiger partial charge in [-0.25, -0.2) is 0 Å². The molecule has 3 aliphatic rings. The van der Waals surface area contributed by atoms with Crippen LogP contribution in [0, 0.1) is 0 Å². The molecule has 182 valence electrons. The van der Waals surface area contributed by atoms with Crippen molar-refractivity contribution in [2.24, 2.45) is 5.73 Å². The number of fused-ring (bicyclic) bond motifs is 4. The Morgan fingerprint density at radius 2 is 1.65 bits per heavy atom. The van der Waals surface area contributed by atoms with Crippen molar-refractivity contribution in [3.8, 4) is 11.5 Å². The summed E-state index contributed by atoms with van der Waals surface area (Å²) >= 11 is 0. The molecule has 3 unspecified atom stereocenters. The van der Waals surface area contributed by atoms with E-state index in [0.29, 0.717) is 5.92 Å². The molecule has 0 amide bonds. The lowest BCUT2D eigenvalue weighted by molar-refractivity contribution is 0.427. The second kappa shape index (κ2) is 8.22. The molecule has 0 radical (unpaired) electrons. The first kappa shape index (κ1) is 22.1. The average molecular weight is 483 g/mol. The monoisotopic (exact) mass is 482 g/mol. The van der Waals surface area contributed by atoms with Crippen molar-refractivity contribution in [2.75, 3.05) is 5.73 Å². The average Bonchev–Trinajstić information content (AvgIpc) is 2.92. The second-order valence-corrected chi connectivity index (χ2v) is 10.7. The van der Waals surface area contributed by atoms with Gasteiger partial charge in [0.05, 0.1) is 0 Å². The molecule has 1 heterocycles. The van der Waals surface area contributed by atoms with Crippen LogP contribution in [0.15, 0.2) is 97.1 Å². The summed E-state index contributed by atoms with van der Waals surface area (Å²) in [6.45, 7) is 2.33. The molecule has 4 aromatic rings. The lowest BCUT2D eigenvalue weighted by atomic mass is 9.67. The molecule has 0 fully saturated rings. The Labute approximate surface area is 217 Å². The molecule has 4 N–H and O–H groups in total. The summed E-state index contributed by atoms with van der Waals surface area (Å²) in [5, 5.41) is 2.24. The van der Waals surface area contributed by atoms with Crippen molar-refractivity contribution in [1.82, 2.24) is 0 Å². The van der Waals surface area contributed by atoms with E-state index in [1.807, 2.05) is 12.1 Å². The van der Waals surface area contributed by atoms with Crippen LogP contribution >= 0.6 is 0 Å². The van der Waals surface area contributed by atoms with Gasteiger partial charge in [-0.3, -0.25) is 0 Å². The van der Waals surface area contributed by atoms with Gasteiger partial charge in [0.2, 0.25) is 0 Å². The first-order chi connectivity index (χ1) is 18.0. The quantitative estimate of drug-likeness (QED) is 0.293. The molecule has 0 aromatic heterocycles. The highest BCUT2D eigenvalue weighted by Crippen LogP contribution is 2.53. The Hall–Kier alpha value is -4.08. The molecule has 0 bridgehead atoms. The summed E-state index contributed by atoms with van der Waals surface area (Å²) in [5.41, 5.74) is 20.2. The Kier molecular flexibility index (Phi) is 4.92. The first-order valence-electron chi connectivity index (χ1n) is 13.1. The summed E-state index contributed by atoms with van der Waals surface area (Å²) in [4.78, 5) is 0. The van der Waals surface area contributed by atoms with Gasteiger partial charge in [-0.1, -0.05) is 72.9 Å². The van der Waals surface area contributed by atoms with Crippen molar-refractivity contribution < 1.29 is 4.74 Å². The van der Waals surface area contributed by atoms with Gasteiger partial charge in [0.25, 0.3) is 0 Å². The minimum atomic E-state index is -0.400. The van der Waals surface area contributed by atoms with Crippen LogP contribution in [0.2, 0.25) is 0 Å². The van der Waals surface area contributed by atoms with Gasteiger partial charge in [-0.2, -0.15) is 0 Å². The van der Waals surface area contributed by atoms with Crippen LogP contribution in [0.3, 0.4) is 0 Å². The van der Waals surface area contributed by atoms with E-state index in [1.165, 1.54) is 27.8 Å². The second-order valence-electron chi connectivity index (χ2n) is 10.7. The molecule has 4 aromatic carbocycles. The number of benzene rings is 4. The van der Waals surface area contributed by atoms with Crippen LogP contribution in [0.25, 0.3) is 16.8 Å². The van der Waals surface area contributed by atoms with Gasteiger partial charge in [-0.15, -0.1) is 0 Å². The minimum Gasteiger partial charge on any atom is -0.457 e. The number of nitrogens with two attached hydrogens (primary N) is 2. The van der Waals surface area contributed by atoms with Crippen molar-refractivity contribution in [3.63, 3.8) is 0 Å². The molecular formula is C34H30N2O. The fourth-order valence-electron chi connectivity index (χ4n) is 6.23. The van der Waals surface area contributed by atoms with E-state index in [9.17, 15) is 0 Å². The van der Waals surface area contributed by atoms with Gasteiger partial charge < -0.3 is 16.2 Å². The largest absolute Gasteiger partial charge is 0.457 e. The van der Waals surface area contributed by atoms with Crippen LogP contribution in [0.1, 0.15) is 52.6 Å². The molecule has 3 heteroatoms. The van der Waals surface area contributed by atoms with E-state index >= 15 is 0 Å². The molecule has 0 saturated heterocycles. The number of hydrogen-bond donors (Lipinski definition) is 2. The van der Waals surface area contributed by atoms with Gasteiger partial charge in [0.15, 0.2) is 0 Å². The zero-order chi connectivity index (χ0) is 25.1. The number of anilines is 1. The number of allylic oxidation sites excluding steroid dienone is 4. The van der Waals surface area contributed by atoms with Crippen LogP contribution in [0.5, 0.6) is 11.5 Å². The fourth-order valence-corrected chi connectivity index (χ4v) is 6.23. The van der Waals surface area contributed by atoms with Crippen molar-refractivity contribution in [2.45, 2.75) is 37.1 Å². The molecule has 1 aliphatic heterocycles. The van der Waals surface area contributed by atoms with Crippen molar-refractivity contribution >= 4 is 22.5 Å². The number of nitrogen functional groups attached to an aromatic ring is 1. The molecule has 3 nitrogen and oxygen atoms in total. The highest BCUT2D eigenvalue weighted by molar-refractivity contribution is 5.89. The maximum absolute atomic E-state index is 6.63. The standard InChI is InChI=1S/C34H30N2O/c1-34(27-11-7-22(8-12-27)21-5-3-2-4-6-21)30-17-25-15-28(35)13-9-23(25)19-32(30)37-33-20-24-10-14-29(36)16-26(24)18-31(33)34/h2-5,7-15,17-21,29H,6,16,35-36H2,1H3. The first-order valence-corrected chi connectivity index (χ1v) is 13.1. The molecular weight excluding hydrogens is 452 g/mol. The lowest BCUT2D eigenvalue weighted by Gasteiger charge is -2.39. The van der Waals surface area contributed by atoms with Crippen LogP contribution in [-0.2, 0) is 11.8 Å². The number of ether oxygens (including phenoxy) is 1. The van der Waals surface area contributed by atoms with Gasteiger partial charge >= 0.3 is 0 Å². The van der Waals surface area contributed by atoms with Crippen LogP contribution in [0.4, 0.5) is 5.69 Å². The summed E-state index contributed by atoms with van der Waals surface area (Å²) in [5.74, 6) is 2.23. The third-order valence-corrected chi connectivity index (χ3v) is 8.38. The fraction of sp³-hybridized carbons (Fsp3) is 0.176. The lowest BCUT2D eigenvalue weighted by Crippen LogP contribution is -2.30. The van der Waals surface area contributed by atoms with E-state index in [4.69, 9.17) is 16.2 Å². The molecule has 3 atom stereocenters. The number of hydrogen-bond acceptors (Lipinski definition) is 3. The van der Waals surface area contributed by atoms with Gasteiger partial charge in [0, 0.05) is 34.2 Å². The molecule has 0 saturated carbocycles. The summed E-state index contributed by atoms with van der Waals surface area (Å²) in [7, 11) is 0. The molecule has 7 rings (SSSR count). The van der Waals surface area contributed by atoms with Gasteiger partial charge in [-0.05, 0) is 83.1 Å². The van der Waals surface area contributed by atoms with Crippen LogP contribution < -0.4 is 16.2 Å². The summed E-state index contributed by atoms with van der Waals surface area (Å²) < 4.78 is 6.63. The smallest absolute Gasteiger partial charge is 0.132 e. The van der Waals surface area contributed by atoms with E-state index < -0.39 is 5.41 Å². The Balaban J connectivity index is 1.44. The molecule has 2 aliphatic carbocycles. The summed E-state index contributed by atoms with van der Waals surface area (Å²) in [6.07, 6.45) is 14.9. The van der Waals surface area contributed by atoms with E-state index in [2.05, 4.69) is 98.0 Å². The van der Waals surface area contributed by atoms with E-state index in [0.717, 1.165) is 46.4 Å². The Bertz CT molecular complexity index is 1640. The maximum Gasteiger partial charge on any atom is 0.132 e. The molecule has 37 heavy (non-hydrogen) atoms. The predicted octanol–water partition coefficient (Wildman–Crippen LogP) is 7.38. The van der Waals surface area contributed by atoms with Crippen molar-refractivity contribution in [3.05, 3.63) is 130 Å².